The fourth-order valence-electron chi connectivity index (χ4n) is 3.37. The zero-order valence-corrected chi connectivity index (χ0v) is 9.65. The van der Waals surface area contributed by atoms with Gasteiger partial charge < -0.3 is 10.2 Å². The summed E-state index contributed by atoms with van der Waals surface area (Å²) in [7, 11) is 0. The molecule has 1 aromatic rings. The van der Waals surface area contributed by atoms with Gasteiger partial charge >= 0.3 is 0 Å². The highest BCUT2D eigenvalue weighted by molar-refractivity contribution is 5.87. The molecule has 0 bridgehead atoms. The maximum atomic E-state index is 12.1. The summed E-state index contributed by atoms with van der Waals surface area (Å²) in [5.74, 6) is 0.403. The van der Waals surface area contributed by atoms with Gasteiger partial charge in [-0.1, -0.05) is 18.9 Å². The second-order valence-corrected chi connectivity index (χ2v) is 5.14. The molecule has 0 aromatic heterocycles. The van der Waals surface area contributed by atoms with Gasteiger partial charge in [-0.05, 0) is 30.4 Å². The van der Waals surface area contributed by atoms with Crippen molar-refractivity contribution in [2.45, 2.75) is 38.0 Å². The quantitative estimate of drug-likeness (QED) is 0.676. The molecule has 2 unspecified atom stereocenters. The van der Waals surface area contributed by atoms with E-state index in [4.69, 9.17) is 0 Å². The van der Waals surface area contributed by atoms with Crippen molar-refractivity contribution in [3.8, 4) is 11.5 Å². The summed E-state index contributed by atoms with van der Waals surface area (Å²) in [6.45, 7) is 0. The maximum absolute atomic E-state index is 12.1. The highest BCUT2D eigenvalue weighted by Crippen LogP contribution is 2.47. The van der Waals surface area contributed by atoms with Crippen LogP contribution in [0.5, 0.6) is 11.5 Å². The zero-order valence-electron chi connectivity index (χ0n) is 9.65. The molecule has 2 N–H and O–H groups in total. The lowest BCUT2D eigenvalue weighted by Crippen LogP contribution is -2.32. The van der Waals surface area contributed by atoms with Crippen LogP contribution in [-0.4, -0.2) is 16.0 Å². The molecule has 0 radical (unpaired) electrons. The number of phenols is 2. The van der Waals surface area contributed by atoms with Crippen molar-refractivity contribution in [2.24, 2.45) is 5.92 Å². The Hall–Kier alpha value is -1.51. The molecule has 0 heterocycles. The van der Waals surface area contributed by atoms with E-state index in [0.29, 0.717) is 5.56 Å². The fourth-order valence-corrected chi connectivity index (χ4v) is 3.37. The van der Waals surface area contributed by atoms with Crippen molar-refractivity contribution in [2.75, 3.05) is 0 Å². The molecule has 2 atom stereocenters. The number of hydrogen-bond donors (Lipinski definition) is 2. The van der Waals surface area contributed by atoms with Crippen LogP contribution >= 0.6 is 0 Å². The van der Waals surface area contributed by atoms with E-state index >= 15 is 0 Å². The van der Waals surface area contributed by atoms with Crippen molar-refractivity contribution in [1.29, 1.82) is 0 Å². The molecule has 0 amide bonds. The second-order valence-electron chi connectivity index (χ2n) is 5.14. The molecule has 0 saturated heterocycles. The van der Waals surface area contributed by atoms with Crippen molar-refractivity contribution < 1.29 is 15.0 Å². The smallest absolute Gasteiger partial charge is 0.161 e. The van der Waals surface area contributed by atoms with Crippen molar-refractivity contribution in [3.63, 3.8) is 0 Å². The minimum atomic E-state index is -0.120. The van der Waals surface area contributed by atoms with Gasteiger partial charge in [0.25, 0.3) is 0 Å². The van der Waals surface area contributed by atoms with Crippen LogP contribution in [0.2, 0.25) is 0 Å². The van der Waals surface area contributed by atoms with E-state index in [9.17, 15) is 15.0 Å². The van der Waals surface area contributed by atoms with Crippen LogP contribution in [0.4, 0.5) is 0 Å². The van der Waals surface area contributed by atoms with Gasteiger partial charge in [0.05, 0.1) is 0 Å². The van der Waals surface area contributed by atoms with Crippen molar-refractivity contribution in [1.82, 2.24) is 0 Å². The summed E-state index contributed by atoms with van der Waals surface area (Å²) in [4.78, 5) is 12.1. The minimum absolute atomic E-state index is 0.0973. The molecule has 17 heavy (non-hydrogen) atoms. The maximum Gasteiger partial charge on any atom is 0.161 e. The number of carbonyl (C=O) groups excluding carboxylic acids is 1. The summed E-state index contributed by atoms with van der Waals surface area (Å²) in [5.41, 5.74) is 1.72. The SMILES string of the molecule is O=C1Cc2c(ccc(O)c2O)C2CCCCC12. The number of Topliss-reactive ketones (excluding diaryl/α,β-unsaturated/α-hetero) is 1. The summed E-state index contributed by atoms with van der Waals surface area (Å²) >= 11 is 0. The summed E-state index contributed by atoms with van der Waals surface area (Å²) in [5, 5.41) is 19.3. The minimum Gasteiger partial charge on any atom is -0.504 e. The molecule has 0 spiro atoms. The van der Waals surface area contributed by atoms with Crippen LogP contribution < -0.4 is 0 Å². The van der Waals surface area contributed by atoms with E-state index in [1.165, 1.54) is 6.07 Å². The average Bonchev–Trinajstić information content (AvgIpc) is 2.35. The Morgan fingerprint density at radius 2 is 1.76 bits per heavy atom. The summed E-state index contributed by atoms with van der Waals surface area (Å²) in [6, 6.07) is 3.41. The summed E-state index contributed by atoms with van der Waals surface area (Å²) in [6.07, 6.45) is 4.55. The third kappa shape index (κ3) is 1.53. The molecule has 2 aliphatic rings. The number of carbonyl (C=O) groups is 1. The van der Waals surface area contributed by atoms with Crippen molar-refractivity contribution >= 4 is 5.78 Å². The van der Waals surface area contributed by atoms with Gasteiger partial charge in [-0.15, -0.1) is 0 Å². The zero-order chi connectivity index (χ0) is 12.0. The number of hydrogen-bond acceptors (Lipinski definition) is 3. The molecule has 3 heteroatoms. The first kappa shape index (κ1) is 10.6. The van der Waals surface area contributed by atoms with Gasteiger partial charge in [0, 0.05) is 17.9 Å². The number of fused-ring (bicyclic) bond motifs is 3. The molecule has 1 saturated carbocycles. The highest BCUT2D eigenvalue weighted by Gasteiger charge is 2.38. The predicted octanol–water partition coefficient (Wildman–Crippen LogP) is 2.50. The Kier molecular flexibility index (Phi) is 2.35. The highest BCUT2D eigenvalue weighted by atomic mass is 16.3. The second kappa shape index (κ2) is 3.76. The van der Waals surface area contributed by atoms with Gasteiger partial charge in [0.2, 0.25) is 0 Å². The van der Waals surface area contributed by atoms with Gasteiger partial charge in [0.1, 0.15) is 5.78 Å². The first-order valence-electron chi connectivity index (χ1n) is 6.25. The Labute approximate surface area is 100 Å². The van der Waals surface area contributed by atoms with Crippen molar-refractivity contribution in [3.05, 3.63) is 23.3 Å². The lowest BCUT2D eigenvalue weighted by molar-refractivity contribution is -0.124. The molecular formula is C14H16O3. The lowest BCUT2D eigenvalue weighted by Gasteiger charge is -2.36. The molecule has 3 nitrogen and oxygen atoms in total. The molecule has 90 valence electrons. The molecule has 3 rings (SSSR count). The third-order valence-corrected chi connectivity index (χ3v) is 4.23. The summed E-state index contributed by atoms with van der Waals surface area (Å²) < 4.78 is 0. The monoisotopic (exact) mass is 232 g/mol. The Morgan fingerprint density at radius 3 is 2.53 bits per heavy atom. The van der Waals surface area contributed by atoms with Gasteiger partial charge in [-0.2, -0.15) is 0 Å². The molecular weight excluding hydrogens is 216 g/mol. The van der Waals surface area contributed by atoms with Gasteiger partial charge in [-0.3, -0.25) is 4.79 Å². The standard InChI is InChI=1S/C14H16O3/c15-12-6-5-9-8-3-1-2-4-10(8)13(16)7-11(9)14(12)17/h5-6,8,10,15,17H,1-4,7H2. The lowest BCUT2D eigenvalue weighted by atomic mass is 9.67. The van der Waals surface area contributed by atoms with E-state index in [-0.39, 0.29) is 35.5 Å². The number of benzene rings is 1. The molecule has 1 fully saturated rings. The topological polar surface area (TPSA) is 57.5 Å². The Morgan fingerprint density at radius 1 is 1.06 bits per heavy atom. The number of aromatic hydroxyl groups is 2. The predicted molar refractivity (Wildman–Crippen MR) is 63.2 cm³/mol. The normalized spacial score (nSPS) is 27.4. The van der Waals surface area contributed by atoms with Crippen LogP contribution in [0.3, 0.4) is 0 Å². The first-order chi connectivity index (χ1) is 8.18. The molecule has 1 aromatic carbocycles. The van der Waals surface area contributed by atoms with E-state index in [0.717, 1.165) is 31.2 Å². The van der Waals surface area contributed by atoms with Crippen LogP contribution in [0.25, 0.3) is 0 Å². The molecule has 0 aliphatic heterocycles. The largest absolute Gasteiger partial charge is 0.504 e. The number of rotatable bonds is 0. The van der Waals surface area contributed by atoms with Crippen LogP contribution in [0.15, 0.2) is 12.1 Å². The average molecular weight is 232 g/mol. The van der Waals surface area contributed by atoms with Gasteiger partial charge in [-0.25, -0.2) is 0 Å². The first-order valence-corrected chi connectivity index (χ1v) is 6.25. The number of ketones is 1. The van der Waals surface area contributed by atoms with E-state index < -0.39 is 0 Å². The number of phenolic OH excluding ortho intramolecular Hbond substituents is 2. The van der Waals surface area contributed by atoms with Crippen LogP contribution in [0.1, 0.15) is 42.7 Å². The Bertz CT molecular complexity index is 479. The van der Waals surface area contributed by atoms with E-state index in [1.807, 2.05) is 6.07 Å². The van der Waals surface area contributed by atoms with Crippen LogP contribution in [-0.2, 0) is 11.2 Å². The van der Waals surface area contributed by atoms with Crippen LogP contribution in [0, 0.1) is 5.92 Å². The third-order valence-electron chi connectivity index (χ3n) is 4.23. The van der Waals surface area contributed by atoms with Gasteiger partial charge in [0.15, 0.2) is 11.5 Å². The fraction of sp³-hybridized carbons (Fsp3) is 0.500. The molecule has 2 aliphatic carbocycles. The van der Waals surface area contributed by atoms with E-state index in [1.54, 1.807) is 0 Å². The van der Waals surface area contributed by atoms with E-state index in [2.05, 4.69) is 0 Å². The Balaban J connectivity index is 2.12.